The number of hydrogen-bond acceptors (Lipinski definition) is 5. The fraction of sp³-hybridized carbons (Fsp3) is 0.857. The molecule has 1 heterocycles. The van der Waals surface area contributed by atoms with Crippen molar-refractivity contribution < 1.29 is 19.7 Å². The second-order valence-corrected chi connectivity index (χ2v) is 3.26. The number of methoxy groups -OCH3 is 1. The molecule has 1 fully saturated rings. The van der Waals surface area contributed by atoms with Crippen molar-refractivity contribution in [3.05, 3.63) is 0 Å². The van der Waals surface area contributed by atoms with Crippen LogP contribution in [0.25, 0.3) is 0 Å². The summed E-state index contributed by atoms with van der Waals surface area (Å²) >= 11 is 0. The molecule has 13 heavy (non-hydrogen) atoms. The number of carbonyl (C=O) groups is 1. The van der Waals surface area contributed by atoms with E-state index in [-0.39, 0.29) is 0 Å². The Kier molecular flexibility index (Phi) is 3.30. The average molecular weight is 187 g/mol. The van der Waals surface area contributed by atoms with Crippen molar-refractivity contribution in [2.45, 2.75) is 25.4 Å². The largest absolute Gasteiger partial charge is 0.468 e. The first-order chi connectivity index (χ1) is 6.06. The summed E-state index contributed by atoms with van der Waals surface area (Å²) in [5.41, 5.74) is 0. The predicted octanol–water partition coefficient (Wildman–Crippen LogP) is -1.30. The molecule has 5 nitrogen and oxygen atoms in total. The monoisotopic (exact) mass is 187 g/mol. The first kappa shape index (κ1) is 10.5. The molecule has 0 unspecified atom stereocenters. The van der Waals surface area contributed by atoms with Gasteiger partial charge in [0.05, 0.1) is 13.2 Å². The van der Waals surface area contributed by atoms with Crippen LogP contribution in [0.5, 0.6) is 0 Å². The van der Waals surface area contributed by atoms with E-state index in [1.165, 1.54) is 11.9 Å². The second kappa shape index (κ2) is 4.08. The number of esters is 1. The zero-order chi connectivity index (χ0) is 10.0. The maximum Gasteiger partial charge on any atom is 0.377 e. The van der Waals surface area contributed by atoms with Gasteiger partial charge in [0.1, 0.15) is 6.04 Å². The minimum absolute atomic E-state index is 0.317. The minimum atomic E-state index is -0.735. The van der Waals surface area contributed by atoms with Gasteiger partial charge in [-0.1, -0.05) is 0 Å². The Morgan fingerprint density at radius 2 is 2.31 bits per heavy atom. The van der Waals surface area contributed by atoms with E-state index in [4.69, 9.17) is 0 Å². The van der Waals surface area contributed by atoms with Crippen LogP contribution >= 0.6 is 0 Å². The Morgan fingerprint density at radius 3 is 2.77 bits per heavy atom. The van der Waals surface area contributed by atoms with Gasteiger partial charge in [-0.15, -0.1) is 0 Å². The van der Waals surface area contributed by atoms with Gasteiger partial charge in [0, 0.05) is 6.54 Å². The highest BCUT2D eigenvalue weighted by molar-refractivity contribution is 6.45. The standard InChI is InChI=1S/C7H14BNO4/c1-8(12)9-4-5(10)3-6(9)7(11)13-2/h5-6,10,12H,3-4H2,1-2H3/t5-,6-/m1/s1. The highest BCUT2D eigenvalue weighted by Gasteiger charge is 2.39. The lowest BCUT2D eigenvalue weighted by atomic mass is 9.84. The molecule has 0 spiro atoms. The number of carbonyl (C=O) groups excluding carboxylic acids is 1. The van der Waals surface area contributed by atoms with Crippen LogP contribution in [0.3, 0.4) is 0 Å². The highest BCUT2D eigenvalue weighted by atomic mass is 16.5. The molecular weight excluding hydrogens is 173 g/mol. The number of rotatable bonds is 2. The van der Waals surface area contributed by atoms with Crippen LogP contribution < -0.4 is 0 Å². The van der Waals surface area contributed by atoms with Gasteiger partial charge in [-0.2, -0.15) is 0 Å². The lowest BCUT2D eigenvalue weighted by Gasteiger charge is -2.22. The molecule has 1 rings (SSSR count). The van der Waals surface area contributed by atoms with Gasteiger partial charge < -0.3 is 19.7 Å². The van der Waals surface area contributed by atoms with Crippen molar-refractivity contribution in [3.63, 3.8) is 0 Å². The lowest BCUT2D eigenvalue weighted by molar-refractivity contribution is -0.144. The topological polar surface area (TPSA) is 70.0 Å². The molecule has 0 aromatic rings. The van der Waals surface area contributed by atoms with Gasteiger partial charge in [0.15, 0.2) is 0 Å². The smallest absolute Gasteiger partial charge is 0.377 e. The summed E-state index contributed by atoms with van der Waals surface area (Å²) in [4.78, 5) is 12.7. The van der Waals surface area contributed by atoms with Gasteiger partial charge >= 0.3 is 13.0 Å². The summed E-state index contributed by atoms with van der Waals surface area (Å²) in [6.45, 7) is 1.88. The molecule has 74 valence electrons. The van der Waals surface area contributed by atoms with E-state index >= 15 is 0 Å². The average Bonchev–Trinajstić information content (AvgIpc) is 2.46. The molecule has 1 saturated heterocycles. The summed E-state index contributed by atoms with van der Waals surface area (Å²) in [5, 5.41) is 18.6. The van der Waals surface area contributed by atoms with Crippen molar-refractivity contribution >= 4 is 13.0 Å². The lowest BCUT2D eigenvalue weighted by Crippen LogP contribution is -2.45. The number of aliphatic hydroxyl groups is 1. The van der Waals surface area contributed by atoms with Crippen molar-refractivity contribution in [3.8, 4) is 0 Å². The number of hydrogen-bond donors (Lipinski definition) is 2. The zero-order valence-electron chi connectivity index (χ0n) is 7.80. The third kappa shape index (κ3) is 2.21. The summed E-state index contributed by atoms with van der Waals surface area (Å²) in [6, 6.07) is -0.514. The molecule has 0 saturated carbocycles. The van der Waals surface area contributed by atoms with Crippen LogP contribution in [-0.2, 0) is 9.53 Å². The normalized spacial score (nSPS) is 28.9. The van der Waals surface area contributed by atoms with Gasteiger partial charge in [-0.3, -0.25) is 4.79 Å². The Labute approximate surface area is 77.4 Å². The van der Waals surface area contributed by atoms with Crippen LogP contribution in [0.1, 0.15) is 6.42 Å². The predicted molar refractivity (Wildman–Crippen MR) is 47.0 cm³/mol. The number of ether oxygens (including phenoxy) is 1. The zero-order valence-corrected chi connectivity index (χ0v) is 7.80. The van der Waals surface area contributed by atoms with Crippen molar-refractivity contribution in [2.75, 3.05) is 13.7 Å². The van der Waals surface area contributed by atoms with E-state index in [2.05, 4.69) is 4.74 Å². The third-order valence-electron chi connectivity index (χ3n) is 2.27. The molecule has 0 aromatic heterocycles. The second-order valence-electron chi connectivity index (χ2n) is 3.26. The number of nitrogens with zero attached hydrogens (tertiary/aromatic N) is 1. The maximum atomic E-state index is 11.2. The van der Waals surface area contributed by atoms with Gasteiger partial charge in [0.25, 0.3) is 0 Å². The van der Waals surface area contributed by atoms with E-state index in [1.54, 1.807) is 6.82 Å². The SMILES string of the molecule is COC(=O)[C@H]1C[C@@H](O)CN1B(C)O. The van der Waals surface area contributed by atoms with E-state index in [1.807, 2.05) is 0 Å². The molecule has 1 aliphatic heterocycles. The molecule has 6 heteroatoms. The van der Waals surface area contributed by atoms with E-state index in [9.17, 15) is 14.9 Å². The summed E-state index contributed by atoms with van der Waals surface area (Å²) < 4.78 is 4.56. The summed E-state index contributed by atoms with van der Waals surface area (Å²) in [6.07, 6.45) is -0.226. The number of aliphatic hydroxyl groups excluding tert-OH is 1. The highest BCUT2D eigenvalue weighted by Crippen LogP contribution is 2.19. The molecule has 0 amide bonds. The van der Waals surface area contributed by atoms with Crippen LogP contribution in [0.2, 0.25) is 6.82 Å². The molecule has 2 N–H and O–H groups in total. The fourth-order valence-corrected chi connectivity index (χ4v) is 1.62. The molecular formula is C7H14BNO4. The van der Waals surface area contributed by atoms with E-state index < -0.39 is 25.2 Å². The quantitative estimate of drug-likeness (QED) is 0.415. The molecule has 0 aliphatic carbocycles. The molecule has 0 radical (unpaired) electrons. The molecule has 1 aliphatic rings. The first-order valence-electron chi connectivity index (χ1n) is 4.26. The number of β-amino-alcohol motifs (C(OH)–C–C–N with tert-alkyl or cyclic N) is 1. The summed E-state index contributed by atoms with van der Waals surface area (Å²) in [5.74, 6) is -0.405. The van der Waals surface area contributed by atoms with Gasteiger partial charge in [-0.05, 0) is 13.2 Å². The van der Waals surface area contributed by atoms with E-state index in [0.717, 1.165) is 0 Å². The van der Waals surface area contributed by atoms with Crippen LogP contribution in [0.15, 0.2) is 0 Å². The Hall–Kier alpha value is -0.585. The van der Waals surface area contributed by atoms with Crippen molar-refractivity contribution in [1.29, 1.82) is 0 Å². The molecule has 0 aromatic carbocycles. The molecule has 0 bridgehead atoms. The Morgan fingerprint density at radius 1 is 1.69 bits per heavy atom. The fourth-order valence-electron chi connectivity index (χ4n) is 1.62. The minimum Gasteiger partial charge on any atom is -0.468 e. The third-order valence-corrected chi connectivity index (χ3v) is 2.27. The van der Waals surface area contributed by atoms with Crippen LogP contribution in [-0.4, -0.2) is 53.8 Å². The first-order valence-corrected chi connectivity index (χ1v) is 4.26. The van der Waals surface area contributed by atoms with Gasteiger partial charge in [-0.25, -0.2) is 0 Å². The van der Waals surface area contributed by atoms with Crippen molar-refractivity contribution in [2.24, 2.45) is 0 Å². The van der Waals surface area contributed by atoms with Gasteiger partial charge in [0.2, 0.25) is 0 Å². The maximum absolute atomic E-state index is 11.2. The van der Waals surface area contributed by atoms with Crippen LogP contribution in [0.4, 0.5) is 0 Å². The Bertz CT molecular complexity index is 199. The van der Waals surface area contributed by atoms with E-state index in [0.29, 0.717) is 13.0 Å². The van der Waals surface area contributed by atoms with Crippen LogP contribution in [0, 0.1) is 0 Å². The summed E-state index contributed by atoms with van der Waals surface area (Å²) in [7, 11) is 0.564. The van der Waals surface area contributed by atoms with Crippen molar-refractivity contribution in [1.82, 2.24) is 4.81 Å². The Balaban J connectivity index is 2.66. The molecule has 2 atom stereocenters.